The molecule has 0 aromatic heterocycles. The number of ether oxygens (including phenoxy) is 1. The highest BCUT2D eigenvalue weighted by atomic mass is 16.5. The van der Waals surface area contributed by atoms with E-state index in [0.29, 0.717) is 12.8 Å². The van der Waals surface area contributed by atoms with Crippen molar-refractivity contribution in [1.82, 2.24) is 5.06 Å². The van der Waals surface area contributed by atoms with Crippen molar-refractivity contribution < 1.29 is 14.7 Å². The van der Waals surface area contributed by atoms with Crippen LogP contribution >= 0.6 is 0 Å². The van der Waals surface area contributed by atoms with E-state index in [1.165, 1.54) is 24.3 Å². The Hall–Kier alpha value is -0.610. The molecule has 1 radical (unpaired) electrons. The molecular weight excluding hydrogens is 302 g/mol. The van der Waals surface area contributed by atoms with Gasteiger partial charge >= 0.3 is 5.97 Å². The van der Waals surface area contributed by atoms with Crippen LogP contribution in [0.2, 0.25) is 0 Å². The zero-order valence-electron chi connectivity index (χ0n) is 16.7. The van der Waals surface area contributed by atoms with Gasteiger partial charge in [-0.1, -0.05) is 53.4 Å². The second kappa shape index (κ2) is 9.19. The lowest BCUT2D eigenvalue weighted by atomic mass is 9.69. The summed E-state index contributed by atoms with van der Waals surface area (Å²) < 4.78 is 5.85. The Kier molecular flexibility index (Phi) is 8.21. The summed E-state index contributed by atoms with van der Waals surface area (Å²) in [6.07, 6.45) is 8.14. The molecule has 4 heteroatoms. The first-order chi connectivity index (χ1) is 11.2. The van der Waals surface area contributed by atoms with E-state index >= 15 is 0 Å². The topological polar surface area (TPSA) is 49.4 Å². The van der Waals surface area contributed by atoms with Gasteiger partial charge in [0.15, 0.2) is 0 Å². The number of piperidine rings is 1. The molecule has 0 amide bonds. The Morgan fingerprint density at radius 3 is 2.25 bits per heavy atom. The van der Waals surface area contributed by atoms with Gasteiger partial charge in [-0.3, -0.25) is 4.79 Å². The van der Waals surface area contributed by atoms with Gasteiger partial charge in [0.05, 0.1) is 11.1 Å². The minimum absolute atomic E-state index is 0.0451. The maximum atomic E-state index is 12.9. The van der Waals surface area contributed by atoms with Gasteiger partial charge in [0.2, 0.25) is 0 Å². The van der Waals surface area contributed by atoms with E-state index in [0.717, 1.165) is 25.7 Å². The minimum atomic E-state index is -0.477. The second-order valence-electron chi connectivity index (χ2n) is 8.04. The van der Waals surface area contributed by atoms with Crippen LogP contribution in [0.5, 0.6) is 0 Å². The van der Waals surface area contributed by atoms with Gasteiger partial charge in [0.25, 0.3) is 0 Å². The standard InChI is InChI=1S/C20H38NO3/c1-7-10-11-12-13-14-18(22)24-17-15-19(5,8-2)21(23)20(6,9-3)16(17)4/h16-17H,7-15H2,1-6H3. The fourth-order valence-corrected chi connectivity index (χ4v) is 3.89. The monoisotopic (exact) mass is 340 g/mol. The molecular formula is C20H38NO3. The van der Waals surface area contributed by atoms with E-state index in [1.807, 2.05) is 20.8 Å². The van der Waals surface area contributed by atoms with Gasteiger partial charge in [0, 0.05) is 18.8 Å². The molecule has 0 bridgehead atoms. The van der Waals surface area contributed by atoms with Crippen LogP contribution in [-0.4, -0.2) is 28.2 Å². The van der Waals surface area contributed by atoms with Crippen molar-refractivity contribution in [3.8, 4) is 0 Å². The number of rotatable bonds is 9. The summed E-state index contributed by atoms with van der Waals surface area (Å²) in [6.45, 7) is 12.4. The van der Waals surface area contributed by atoms with E-state index in [2.05, 4.69) is 20.8 Å². The van der Waals surface area contributed by atoms with E-state index in [-0.39, 0.29) is 18.0 Å². The Morgan fingerprint density at radius 1 is 1.08 bits per heavy atom. The molecule has 0 N–H and O–H groups in total. The van der Waals surface area contributed by atoms with E-state index in [4.69, 9.17) is 4.74 Å². The van der Waals surface area contributed by atoms with Crippen molar-refractivity contribution in [2.45, 2.75) is 117 Å². The van der Waals surface area contributed by atoms with Crippen LogP contribution in [0.3, 0.4) is 0 Å². The highest BCUT2D eigenvalue weighted by Gasteiger charge is 2.54. The van der Waals surface area contributed by atoms with Gasteiger partial charge < -0.3 is 4.74 Å². The molecule has 0 saturated carbocycles. The van der Waals surface area contributed by atoms with Crippen LogP contribution < -0.4 is 0 Å². The summed E-state index contributed by atoms with van der Waals surface area (Å²) in [7, 11) is 0. The molecule has 1 aliphatic heterocycles. The molecule has 4 unspecified atom stereocenters. The lowest BCUT2D eigenvalue weighted by molar-refractivity contribution is -0.324. The molecule has 0 aliphatic carbocycles. The molecule has 24 heavy (non-hydrogen) atoms. The summed E-state index contributed by atoms with van der Waals surface area (Å²) in [5, 5.41) is 14.2. The molecule has 0 aromatic rings. The average molecular weight is 341 g/mol. The third-order valence-electron chi connectivity index (χ3n) is 6.38. The minimum Gasteiger partial charge on any atom is -0.462 e. The number of carbonyl (C=O) groups is 1. The normalized spacial score (nSPS) is 34.3. The Morgan fingerprint density at radius 2 is 1.71 bits per heavy atom. The third kappa shape index (κ3) is 4.72. The first kappa shape index (κ1) is 21.4. The van der Waals surface area contributed by atoms with Crippen molar-refractivity contribution >= 4 is 5.97 Å². The highest BCUT2D eigenvalue weighted by molar-refractivity contribution is 5.69. The fraction of sp³-hybridized carbons (Fsp3) is 0.950. The molecule has 1 rings (SSSR count). The van der Waals surface area contributed by atoms with Gasteiger partial charge in [-0.2, -0.15) is 0 Å². The summed E-state index contributed by atoms with van der Waals surface area (Å²) in [5.74, 6) is -0.0525. The summed E-state index contributed by atoms with van der Waals surface area (Å²) in [5.41, 5.74) is -0.932. The molecule has 4 atom stereocenters. The maximum absolute atomic E-state index is 12.9. The third-order valence-corrected chi connectivity index (χ3v) is 6.38. The number of hydroxylamine groups is 2. The first-order valence-electron chi connectivity index (χ1n) is 9.92. The van der Waals surface area contributed by atoms with E-state index < -0.39 is 11.1 Å². The van der Waals surface area contributed by atoms with Crippen LogP contribution in [0.25, 0.3) is 0 Å². The predicted octanol–water partition coefficient (Wildman–Crippen LogP) is 5.28. The summed E-state index contributed by atoms with van der Waals surface area (Å²) in [4.78, 5) is 12.3. The lowest BCUT2D eigenvalue weighted by Crippen LogP contribution is -2.66. The molecule has 1 heterocycles. The van der Waals surface area contributed by atoms with Crippen LogP contribution in [-0.2, 0) is 14.7 Å². The smallest absolute Gasteiger partial charge is 0.306 e. The van der Waals surface area contributed by atoms with Crippen molar-refractivity contribution in [3.63, 3.8) is 0 Å². The van der Waals surface area contributed by atoms with Crippen molar-refractivity contribution in [2.24, 2.45) is 5.92 Å². The molecule has 1 fully saturated rings. The Labute approximate surface area is 148 Å². The molecule has 1 saturated heterocycles. The zero-order chi connectivity index (χ0) is 18.4. The fourth-order valence-electron chi connectivity index (χ4n) is 3.89. The van der Waals surface area contributed by atoms with Crippen molar-refractivity contribution in [3.05, 3.63) is 0 Å². The average Bonchev–Trinajstić information content (AvgIpc) is 2.57. The number of esters is 1. The van der Waals surface area contributed by atoms with Crippen LogP contribution in [0.1, 0.15) is 99.3 Å². The first-order valence-corrected chi connectivity index (χ1v) is 9.92. The number of hydrogen-bond donors (Lipinski definition) is 0. The summed E-state index contributed by atoms with van der Waals surface area (Å²) in [6, 6.07) is 0. The number of unbranched alkanes of at least 4 members (excludes halogenated alkanes) is 4. The van der Waals surface area contributed by atoms with Crippen molar-refractivity contribution in [1.29, 1.82) is 0 Å². The number of carbonyl (C=O) groups excluding carboxylic acids is 1. The quantitative estimate of drug-likeness (QED) is 0.423. The van der Waals surface area contributed by atoms with Gasteiger partial charge in [0.1, 0.15) is 6.10 Å². The van der Waals surface area contributed by atoms with E-state index in [1.54, 1.807) is 0 Å². The Bertz CT molecular complexity index is 400. The number of nitrogens with zero attached hydrogens (tertiary/aromatic N) is 1. The molecule has 141 valence electrons. The van der Waals surface area contributed by atoms with Gasteiger partial charge in [-0.25, -0.2) is 0 Å². The molecule has 0 spiro atoms. The lowest BCUT2D eigenvalue weighted by Gasteiger charge is -2.55. The molecule has 0 aromatic carbocycles. The van der Waals surface area contributed by atoms with Crippen LogP contribution in [0.15, 0.2) is 0 Å². The van der Waals surface area contributed by atoms with Gasteiger partial charge in [-0.15, -0.1) is 10.3 Å². The highest BCUT2D eigenvalue weighted by Crippen LogP contribution is 2.45. The molecule has 4 nitrogen and oxygen atoms in total. The summed E-state index contributed by atoms with van der Waals surface area (Å²) >= 11 is 0. The SMILES string of the molecule is CCCCCCCC(=O)OC1CC(C)(CC)N([O])C(C)(CC)C1C. The second-order valence-corrected chi connectivity index (χ2v) is 8.04. The van der Waals surface area contributed by atoms with Crippen LogP contribution in [0, 0.1) is 5.92 Å². The largest absolute Gasteiger partial charge is 0.462 e. The van der Waals surface area contributed by atoms with Crippen LogP contribution in [0.4, 0.5) is 0 Å². The predicted molar refractivity (Wildman–Crippen MR) is 97.0 cm³/mol. The maximum Gasteiger partial charge on any atom is 0.306 e. The van der Waals surface area contributed by atoms with Gasteiger partial charge in [-0.05, 0) is 33.1 Å². The van der Waals surface area contributed by atoms with E-state index in [9.17, 15) is 10.0 Å². The van der Waals surface area contributed by atoms with Crippen molar-refractivity contribution in [2.75, 3.05) is 0 Å². The Balaban J connectivity index is 2.67. The molecule has 1 aliphatic rings. The number of hydrogen-bond acceptors (Lipinski definition) is 3. The zero-order valence-corrected chi connectivity index (χ0v) is 16.7.